The molecule has 0 amide bonds. The number of aryl methyl sites for hydroxylation is 1. The molecule has 2 heterocycles. The van der Waals surface area contributed by atoms with E-state index in [9.17, 15) is 20.5 Å². The highest BCUT2D eigenvalue weighted by Crippen LogP contribution is 2.35. The zero-order chi connectivity index (χ0) is 26.5. The maximum atomic E-state index is 11.3. The molecule has 0 spiro atoms. The summed E-state index contributed by atoms with van der Waals surface area (Å²) < 4.78 is 6.96. The summed E-state index contributed by atoms with van der Waals surface area (Å²) in [5, 5.41) is 38.1. The first kappa shape index (κ1) is 25.3. The summed E-state index contributed by atoms with van der Waals surface area (Å²) in [7, 11) is 1.59. The number of rotatable bonds is 9. The van der Waals surface area contributed by atoms with Crippen LogP contribution in [-0.4, -0.2) is 49.5 Å². The lowest BCUT2D eigenvalue weighted by molar-refractivity contribution is -0.384. The Hall–Kier alpha value is -4.82. The molecule has 0 aliphatic carbocycles. The Bertz CT molecular complexity index is 1490. The number of aliphatic hydroxyl groups is 1. The Morgan fingerprint density at radius 1 is 1.22 bits per heavy atom. The molecule has 188 valence electrons. The van der Waals surface area contributed by atoms with Gasteiger partial charge >= 0.3 is 0 Å². The van der Waals surface area contributed by atoms with Crippen molar-refractivity contribution in [1.82, 2.24) is 19.7 Å². The molecule has 0 bridgehead atoms. The number of nitro benzene ring substituents is 1. The second-order valence-electron chi connectivity index (χ2n) is 8.49. The highest BCUT2D eigenvalue weighted by molar-refractivity contribution is 5.81. The van der Waals surface area contributed by atoms with Gasteiger partial charge in [0, 0.05) is 47.6 Å². The van der Waals surface area contributed by atoms with Crippen molar-refractivity contribution in [2.75, 3.05) is 19.0 Å². The number of nitriles is 1. The smallest absolute Gasteiger partial charge is 0.270 e. The number of hydrogen-bond donors (Lipinski definition) is 2. The fourth-order valence-electron chi connectivity index (χ4n) is 3.79. The van der Waals surface area contributed by atoms with Gasteiger partial charge in [-0.3, -0.25) is 14.8 Å². The summed E-state index contributed by atoms with van der Waals surface area (Å²) in [6.07, 6.45) is 1.10. The summed E-state index contributed by atoms with van der Waals surface area (Å²) >= 11 is 0. The third kappa shape index (κ3) is 5.88. The highest BCUT2D eigenvalue weighted by Gasteiger charge is 2.19. The topological polar surface area (TPSA) is 152 Å². The van der Waals surface area contributed by atoms with Gasteiger partial charge < -0.3 is 15.2 Å². The van der Waals surface area contributed by atoms with Crippen LogP contribution in [0.5, 0.6) is 5.75 Å². The van der Waals surface area contributed by atoms with Gasteiger partial charge in [-0.05, 0) is 37.6 Å². The lowest BCUT2D eigenvalue weighted by atomic mass is 10.0. The van der Waals surface area contributed by atoms with E-state index in [1.807, 2.05) is 25.1 Å². The first-order valence-electron chi connectivity index (χ1n) is 11.4. The second kappa shape index (κ2) is 10.8. The average molecular weight is 500 g/mol. The van der Waals surface area contributed by atoms with Crippen LogP contribution in [0.15, 0.2) is 54.7 Å². The lowest BCUT2D eigenvalue weighted by Gasteiger charge is -2.12. The molecule has 37 heavy (non-hydrogen) atoms. The van der Waals surface area contributed by atoms with E-state index in [0.717, 1.165) is 11.1 Å². The maximum Gasteiger partial charge on any atom is 0.270 e. The van der Waals surface area contributed by atoms with E-state index in [4.69, 9.17) is 9.72 Å². The Kier molecular flexibility index (Phi) is 7.41. The van der Waals surface area contributed by atoms with Crippen LogP contribution in [0.25, 0.3) is 33.9 Å². The Morgan fingerprint density at radius 3 is 2.73 bits per heavy atom. The number of anilines is 1. The summed E-state index contributed by atoms with van der Waals surface area (Å²) in [5.74, 6) is 1.35. The molecule has 2 aromatic carbocycles. The predicted molar refractivity (Wildman–Crippen MR) is 138 cm³/mol. The fourth-order valence-corrected chi connectivity index (χ4v) is 3.79. The number of nitrogens with one attached hydrogen (secondary N) is 1. The van der Waals surface area contributed by atoms with Crippen molar-refractivity contribution < 1.29 is 14.8 Å². The molecule has 0 saturated heterocycles. The van der Waals surface area contributed by atoms with E-state index >= 15 is 0 Å². The van der Waals surface area contributed by atoms with Gasteiger partial charge in [-0.15, -0.1) is 0 Å². The number of non-ortho nitro benzene ring substituents is 1. The molecule has 0 saturated carbocycles. The van der Waals surface area contributed by atoms with Crippen LogP contribution < -0.4 is 10.1 Å². The van der Waals surface area contributed by atoms with Gasteiger partial charge in [-0.25, -0.2) is 9.97 Å². The molecule has 0 aliphatic heterocycles. The van der Waals surface area contributed by atoms with Crippen LogP contribution in [0.4, 0.5) is 11.5 Å². The van der Waals surface area contributed by atoms with E-state index in [1.54, 1.807) is 38.4 Å². The van der Waals surface area contributed by atoms with E-state index in [2.05, 4.69) is 21.5 Å². The van der Waals surface area contributed by atoms with Crippen molar-refractivity contribution in [3.05, 3.63) is 70.4 Å². The van der Waals surface area contributed by atoms with Crippen LogP contribution in [0.3, 0.4) is 0 Å². The van der Waals surface area contributed by atoms with Gasteiger partial charge in [0.05, 0.1) is 29.9 Å². The minimum absolute atomic E-state index is 0.0336. The summed E-state index contributed by atoms with van der Waals surface area (Å²) in [6.45, 7) is 3.86. The van der Waals surface area contributed by atoms with Crippen LogP contribution in [-0.2, 0) is 6.54 Å². The summed E-state index contributed by atoms with van der Waals surface area (Å²) in [6, 6.07) is 15.6. The van der Waals surface area contributed by atoms with Gasteiger partial charge in [-0.2, -0.15) is 10.4 Å². The van der Waals surface area contributed by atoms with Crippen molar-refractivity contribution in [3.63, 3.8) is 0 Å². The van der Waals surface area contributed by atoms with Gasteiger partial charge in [0.2, 0.25) is 0 Å². The Balaban J connectivity index is 1.92. The van der Waals surface area contributed by atoms with E-state index in [0.29, 0.717) is 34.1 Å². The molecule has 1 atom stereocenters. The SMILES string of the molecule is COc1cc(C)cc(-c2nn(CC#N)cc2-c2cc(NC[C@H](C)O)nc(-c3cccc([N+](=O)[O-])c3)n2)c1. The molecular weight excluding hydrogens is 474 g/mol. The number of hydrogen-bond acceptors (Lipinski definition) is 9. The molecule has 0 unspecified atom stereocenters. The molecule has 4 aromatic rings. The first-order valence-corrected chi connectivity index (χ1v) is 11.4. The molecule has 0 fully saturated rings. The number of ether oxygens (including phenoxy) is 1. The largest absolute Gasteiger partial charge is 0.497 e. The van der Waals surface area contributed by atoms with Crippen LogP contribution >= 0.6 is 0 Å². The molecule has 4 rings (SSSR count). The molecule has 2 N–H and O–H groups in total. The van der Waals surface area contributed by atoms with E-state index in [-0.39, 0.29) is 24.6 Å². The summed E-state index contributed by atoms with van der Waals surface area (Å²) in [4.78, 5) is 20.1. The maximum absolute atomic E-state index is 11.3. The Morgan fingerprint density at radius 2 is 2.03 bits per heavy atom. The monoisotopic (exact) mass is 499 g/mol. The molecule has 0 radical (unpaired) electrons. The molecular formula is C26H25N7O4. The summed E-state index contributed by atoms with van der Waals surface area (Å²) in [5.41, 5.74) is 3.83. The number of nitro groups is 1. The van der Waals surface area contributed by atoms with Gasteiger partial charge in [-0.1, -0.05) is 12.1 Å². The molecule has 11 heteroatoms. The van der Waals surface area contributed by atoms with Gasteiger partial charge in [0.15, 0.2) is 5.82 Å². The van der Waals surface area contributed by atoms with Crippen molar-refractivity contribution >= 4 is 11.5 Å². The normalized spacial score (nSPS) is 11.5. The minimum atomic E-state index is -0.631. The number of aromatic nitrogens is 4. The van der Waals surface area contributed by atoms with Crippen LogP contribution in [0.1, 0.15) is 12.5 Å². The zero-order valence-corrected chi connectivity index (χ0v) is 20.5. The van der Waals surface area contributed by atoms with E-state index < -0.39 is 11.0 Å². The fraction of sp³-hybridized carbons (Fsp3) is 0.231. The van der Waals surface area contributed by atoms with Gasteiger partial charge in [0.1, 0.15) is 23.8 Å². The third-order valence-corrected chi connectivity index (χ3v) is 5.45. The highest BCUT2D eigenvalue weighted by atomic mass is 16.6. The third-order valence-electron chi connectivity index (χ3n) is 5.45. The van der Waals surface area contributed by atoms with Gasteiger partial charge in [0.25, 0.3) is 5.69 Å². The number of benzene rings is 2. The van der Waals surface area contributed by atoms with Crippen LogP contribution in [0, 0.1) is 28.4 Å². The van der Waals surface area contributed by atoms with Crippen molar-refractivity contribution in [1.29, 1.82) is 5.26 Å². The molecule has 2 aromatic heterocycles. The lowest BCUT2D eigenvalue weighted by Crippen LogP contribution is -2.16. The van der Waals surface area contributed by atoms with E-state index in [1.165, 1.54) is 16.8 Å². The standard InChI is InChI=1S/C26H25N7O4/c1-16-9-19(12-21(10-16)37-3)25-22(15-32(31-25)8-7-27)23-13-24(28-14-17(2)34)30-26(29-23)18-5-4-6-20(11-18)33(35)36/h4-6,9-13,15,17,34H,8,14H2,1-3H3,(H,28,29,30)/t17-/m0/s1. The van der Waals surface area contributed by atoms with Crippen LogP contribution in [0.2, 0.25) is 0 Å². The number of methoxy groups -OCH3 is 1. The van der Waals surface area contributed by atoms with Crippen molar-refractivity contribution in [2.45, 2.75) is 26.5 Å². The zero-order valence-electron chi connectivity index (χ0n) is 20.5. The minimum Gasteiger partial charge on any atom is -0.497 e. The average Bonchev–Trinajstić information content (AvgIpc) is 3.31. The molecule has 11 nitrogen and oxygen atoms in total. The van der Waals surface area contributed by atoms with Crippen molar-refractivity contribution in [3.8, 4) is 45.7 Å². The Labute approximate surface area is 213 Å². The number of nitrogens with zero attached hydrogens (tertiary/aromatic N) is 6. The first-order chi connectivity index (χ1) is 17.8. The molecule has 0 aliphatic rings. The second-order valence-corrected chi connectivity index (χ2v) is 8.49. The predicted octanol–water partition coefficient (Wildman–Crippen LogP) is 4.22. The quantitative estimate of drug-likeness (QED) is 0.255. The van der Waals surface area contributed by atoms with Crippen molar-refractivity contribution in [2.24, 2.45) is 0 Å². The number of aliphatic hydroxyl groups excluding tert-OH is 1.